The number of nitrogens with one attached hydrogen (secondary N) is 1. The predicted octanol–water partition coefficient (Wildman–Crippen LogP) is 10.5. The largest absolute Gasteiger partial charge is 0.356 e. The van der Waals surface area contributed by atoms with Crippen LogP contribution in [0.5, 0.6) is 0 Å². The molecule has 0 unspecified atom stereocenters. The lowest BCUT2D eigenvalue weighted by atomic mass is 10.0. The van der Waals surface area contributed by atoms with Gasteiger partial charge >= 0.3 is 0 Å². The minimum atomic E-state index is 1.06. The van der Waals surface area contributed by atoms with E-state index >= 15 is 0 Å². The Kier molecular flexibility index (Phi) is 6.67. The lowest BCUT2D eigenvalue weighted by Gasteiger charge is -2.10. The Morgan fingerprint density at radius 1 is 0.615 bits per heavy atom. The summed E-state index contributed by atoms with van der Waals surface area (Å²) in [6.45, 7) is 5.97. The van der Waals surface area contributed by atoms with Crippen LogP contribution in [0.15, 0.2) is 152 Å². The number of allylic oxidation sites excluding steroid dienone is 5. The van der Waals surface area contributed by atoms with Crippen molar-refractivity contribution in [3.8, 4) is 22.3 Å². The van der Waals surface area contributed by atoms with Crippen molar-refractivity contribution in [2.24, 2.45) is 0 Å². The fraction of sp³-hybridized carbons (Fsp3) is 0.0270. The number of aromatic nitrogens is 1. The highest BCUT2D eigenvalue weighted by Gasteiger charge is 2.13. The zero-order valence-electron chi connectivity index (χ0n) is 22.0. The molecule has 0 radical (unpaired) electrons. The second kappa shape index (κ2) is 10.7. The summed E-state index contributed by atoms with van der Waals surface area (Å²) >= 11 is 0. The second-order valence-corrected chi connectivity index (χ2v) is 9.56. The molecule has 2 heteroatoms. The number of hydrogen-bond acceptors (Lipinski definition) is 1. The molecule has 1 N–H and O–H groups in total. The molecule has 0 saturated heterocycles. The van der Waals surface area contributed by atoms with Gasteiger partial charge in [0.2, 0.25) is 0 Å². The highest BCUT2D eigenvalue weighted by atomic mass is 15.0. The average Bonchev–Trinajstić information content (AvgIpc) is 3.32. The van der Waals surface area contributed by atoms with Crippen molar-refractivity contribution in [3.63, 3.8) is 0 Å². The molecule has 0 saturated carbocycles. The summed E-state index contributed by atoms with van der Waals surface area (Å²) < 4.78 is 2.31. The second-order valence-electron chi connectivity index (χ2n) is 9.56. The Balaban J connectivity index is 1.30. The van der Waals surface area contributed by atoms with Crippen LogP contribution in [0.4, 0.5) is 11.4 Å². The number of hydrogen-bond donors (Lipinski definition) is 1. The molecule has 1 aromatic heterocycles. The van der Waals surface area contributed by atoms with E-state index in [4.69, 9.17) is 0 Å². The van der Waals surface area contributed by atoms with Gasteiger partial charge in [0.15, 0.2) is 0 Å². The Labute approximate surface area is 229 Å². The molecule has 2 nitrogen and oxygen atoms in total. The molecule has 0 fully saturated rings. The molecule has 0 atom stereocenters. The van der Waals surface area contributed by atoms with Gasteiger partial charge in [-0.05, 0) is 83.8 Å². The number of para-hydroxylation sites is 1. The van der Waals surface area contributed by atoms with Gasteiger partial charge in [0.05, 0.1) is 11.0 Å². The van der Waals surface area contributed by atoms with Crippen LogP contribution >= 0.6 is 0 Å². The van der Waals surface area contributed by atoms with Gasteiger partial charge in [-0.1, -0.05) is 97.6 Å². The van der Waals surface area contributed by atoms with E-state index in [2.05, 4.69) is 150 Å². The molecular weight excluding hydrogens is 472 g/mol. The third kappa shape index (κ3) is 4.81. The molecule has 5 aromatic carbocycles. The average molecular weight is 503 g/mol. The van der Waals surface area contributed by atoms with Crippen molar-refractivity contribution in [1.29, 1.82) is 0 Å². The van der Waals surface area contributed by atoms with Gasteiger partial charge in [0, 0.05) is 27.8 Å². The monoisotopic (exact) mass is 502 g/mol. The first-order valence-electron chi connectivity index (χ1n) is 13.3. The first kappa shape index (κ1) is 24.3. The third-order valence-corrected chi connectivity index (χ3v) is 7.06. The summed E-state index contributed by atoms with van der Waals surface area (Å²) in [6, 6.07) is 43.0. The molecule has 0 aliphatic carbocycles. The smallest absolute Gasteiger partial charge is 0.0541 e. The predicted molar refractivity (Wildman–Crippen MR) is 169 cm³/mol. The van der Waals surface area contributed by atoms with Crippen LogP contribution in [0.1, 0.15) is 6.92 Å². The zero-order chi connectivity index (χ0) is 26.6. The summed E-state index contributed by atoms with van der Waals surface area (Å²) in [7, 11) is 0. The molecule has 6 rings (SSSR count). The molecular formula is C37H30N2. The van der Waals surface area contributed by atoms with Crippen LogP contribution in [0, 0.1) is 0 Å². The molecule has 39 heavy (non-hydrogen) atoms. The Bertz CT molecular complexity index is 1820. The zero-order valence-corrected chi connectivity index (χ0v) is 22.0. The van der Waals surface area contributed by atoms with Gasteiger partial charge in [-0.2, -0.15) is 0 Å². The quantitative estimate of drug-likeness (QED) is 0.215. The van der Waals surface area contributed by atoms with E-state index in [1.165, 1.54) is 44.1 Å². The topological polar surface area (TPSA) is 17.0 Å². The van der Waals surface area contributed by atoms with Gasteiger partial charge in [0.1, 0.15) is 0 Å². The lowest BCUT2D eigenvalue weighted by molar-refractivity contribution is 1.24. The summed E-state index contributed by atoms with van der Waals surface area (Å²) in [4.78, 5) is 0. The SMILES string of the molecule is C=C/C=C(\C=C/C)n1c2ccccc2c2cc(-c3ccc(Nc4ccc(-c5ccccc5)cc4)cc3)ccc21. The molecule has 0 amide bonds. The minimum Gasteiger partial charge on any atom is -0.356 e. The molecule has 1 heterocycles. The van der Waals surface area contributed by atoms with Crippen LogP contribution in [0.3, 0.4) is 0 Å². The molecule has 6 aromatic rings. The lowest BCUT2D eigenvalue weighted by Crippen LogP contribution is -1.94. The van der Waals surface area contributed by atoms with Crippen LogP contribution in [0.25, 0.3) is 49.8 Å². The fourth-order valence-electron chi connectivity index (χ4n) is 5.22. The van der Waals surface area contributed by atoms with Crippen LogP contribution in [-0.2, 0) is 0 Å². The fourth-order valence-corrected chi connectivity index (χ4v) is 5.22. The Hall–Kier alpha value is -5.08. The van der Waals surface area contributed by atoms with Crippen molar-refractivity contribution in [2.75, 3.05) is 5.32 Å². The maximum absolute atomic E-state index is 3.93. The van der Waals surface area contributed by atoms with Crippen molar-refractivity contribution in [3.05, 3.63) is 152 Å². The van der Waals surface area contributed by atoms with Gasteiger partial charge in [0.25, 0.3) is 0 Å². The minimum absolute atomic E-state index is 1.06. The Morgan fingerprint density at radius 2 is 1.18 bits per heavy atom. The molecule has 0 aliphatic rings. The summed E-state index contributed by atoms with van der Waals surface area (Å²) in [5.74, 6) is 0. The third-order valence-electron chi connectivity index (χ3n) is 7.06. The number of benzene rings is 5. The number of nitrogens with zero attached hydrogens (tertiary/aromatic N) is 1. The van der Waals surface area contributed by atoms with E-state index in [1.54, 1.807) is 0 Å². The van der Waals surface area contributed by atoms with Crippen LogP contribution < -0.4 is 5.32 Å². The maximum atomic E-state index is 3.93. The van der Waals surface area contributed by atoms with Gasteiger partial charge in [-0.15, -0.1) is 0 Å². The van der Waals surface area contributed by atoms with E-state index in [0.717, 1.165) is 17.1 Å². The van der Waals surface area contributed by atoms with Crippen LogP contribution in [0.2, 0.25) is 0 Å². The van der Waals surface area contributed by atoms with Gasteiger partial charge in [-0.25, -0.2) is 0 Å². The van der Waals surface area contributed by atoms with Gasteiger partial charge in [-0.3, -0.25) is 0 Å². The van der Waals surface area contributed by atoms with E-state index in [-0.39, 0.29) is 0 Å². The number of rotatable bonds is 7. The normalized spacial score (nSPS) is 11.9. The highest BCUT2D eigenvalue weighted by molar-refractivity contribution is 6.11. The molecule has 0 spiro atoms. The molecule has 0 bridgehead atoms. The van der Waals surface area contributed by atoms with Gasteiger partial charge < -0.3 is 9.88 Å². The van der Waals surface area contributed by atoms with Crippen molar-refractivity contribution < 1.29 is 0 Å². The van der Waals surface area contributed by atoms with E-state index in [0.29, 0.717) is 0 Å². The maximum Gasteiger partial charge on any atom is 0.0541 e. The Morgan fingerprint density at radius 3 is 1.85 bits per heavy atom. The standard InChI is InChI=1S/C37H30N2/c1-3-10-33(11-4-2)39-36-15-9-8-14-34(36)35-26-30(20-25-37(35)39)29-18-23-32(24-19-29)38-31-21-16-28(17-22-31)27-12-6-5-7-13-27/h3-26,38H,1H2,2H3/b11-4-,33-10+. The van der Waals surface area contributed by atoms with E-state index < -0.39 is 0 Å². The summed E-state index contributed by atoms with van der Waals surface area (Å²) in [5.41, 5.74) is 10.4. The highest BCUT2D eigenvalue weighted by Crippen LogP contribution is 2.35. The number of fused-ring (bicyclic) bond motifs is 3. The van der Waals surface area contributed by atoms with Crippen molar-refractivity contribution >= 4 is 38.9 Å². The van der Waals surface area contributed by atoms with E-state index in [9.17, 15) is 0 Å². The van der Waals surface area contributed by atoms with E-state index in [1.807, 2.05) is 19.1 Å². The van der Waals surface area contributed by atoms with Crippen molar-refractivity contribution in [2.45, 2.75) is 6.92 Å². The first-order chi connectivity index (χ1) is 19.2. The number of anilines is 2. The van der Waals surface area contributed by atoms with Crippen molar-refractivity contribution in [1.82, 2.24) is 4.57 Å². The summed E-state index contributed by atoms with van der Waals surface area (Å²) in [6.07, 6.45) is 8.10. The molecule has 0 aliphatic heterocycles. The summed E-state index contributed by atoms with van der Waals surface area (Å²) in [5, 5.41) is 6.01. The molecule has 188 valence electrons. The first-order valence-corrected chi connectivity index (χ1v) is 13.3. The van der Waals surface area contributed by atoms with Crippen LogP contribution in [-0.4, -0.2) is 4.57 Å².